The van der Waals surface area contributed by atoms with Crippen molar-refractivity contribution in [2.75, 3.05) is 0 Å². The Morgan fingerprint density at radius 2 is 1.88 bits per heavy atom. The van der Waals surface area contributed by atoms with E-state index in [0.29, 0.717) is 16.7 Å². The van der Waals surface area contributed by atoms with Crippen molar-refractivity contribution in [1.82, 2.24) is 4.98 Å². The van der Waals surface area contributed by atoms with E-state index in [2.05, 4.69) is 4.98 Å². The number of oxazole rings is 1. The Bertz CT molecular complexity index is 969. The number of benzene rings is 2. The highest BCUT2D eigenvalue weighted by molar-refractivity contribution is 5.94. The highest BCUT2D eigenvalue weighted by atomic mass is 16.4. The van der Waals surface area contributed by atoms with Crippen LogP contribution in [0.3, 0.4) is 0 Å². The molecule has 0 spiro atoms. The molecule has 0 amide bonds. The summed E-state index contributed by atoms with van der Waals surface area (Å²) in [6.07, 6.45) is 1.13. The molecular formula is C18H13NO6. The van der Waals surface area contributed by atoms with Gasteiger partial charge < -0.3 is 19.7 Å². The number of nitrogens with zero attached hydrogens (tertiary/aromatic N) is 1. The van der Waals surface area contributed by atoms with Gasteiger partial charge in [-0.15, -0.1) is 0 Å². The molecule has 0 aliphatic heterocycles. The summed E-state index contributed by atoms with van der Waals surface area (Å²) in [7, 11) is 0. The Balaban J connectivity index is 2.09. The third kappa shape index (κ3) is 3.50. The van der Waals surface area contributed by atoms with Crippen LogP contribution >= 0.6 is 0 Å². The molecule has 1 heterocycles. The maximum absolute atomic E-state index is 11.2. The van der Waals surface area contributed by atoms with Crippen LogP contribution in [0.5, 0.6) is 5.75 Å². The normalized spacial score (nSPS) is 11.6. The number of aromatic hydroxyl groups is 1. The number of para-hydroxylation sites is 2. The van der Waals surface area contributed by atoms with E-state index in [1.54, 1.807) is 24.3 Å². The third-order valence-corrected chi connectivity index (χ3v) is 3.50. The number of rotatable bonds is 5. The van der Waals surface area contributed by atoms with E-state index >= 15 is 0 Å². The van der Waals surface area contributed by atoms with Gasteiger partial charge >= 0.3 is 11.9 Å². The molecule has 0 aliphatic rings. The fourth-order valence-electron chi connectivity index (χ4n) is 2.38. The second kappa shape index (κ2) is 6.48. The first-order chi connectivity index (χ1) is 11.9. The van der Waals surface area contributed by atoms with Crippen LogP contribution in [-0.2, 0) is 4.79 Å². The molecule has 7 nitrogen and oxygen atoms in total. The van der Waals surface area contributed by atoms with Gasteiger partial charge in [0, 0.05) is 5.57 Å². The van der Waals surface area contributed by atoms with Crippen LogP contribution in [0.4, 0.5) is 0 Å². The fourth-order valence-corrected chi connectivity index (χ4v) is 2.38. The summed E-state index contributed by atoms with van der Waals surface area (Å²) in [5, 5.41) is 27.8. The zero-order valence-corrected chi connectivity index (χ0v) is 12.8. The monoisotopic (exact) mass is 339 g/mol. The van der Waals surface area contributed by atoms with Crippen LogP contribution in [0, 0.1) is 0 Å². The third-order valence-electron chi connectivity index (χ3n) is 3.50. The number of carboxylic acids is 2. The Morgan fingerprint density at radius 1 is 1.12 bits per heavy atom. The van der Waals surface area contributed by atoms with E-state index in [0.717, 1.165) is 0 Å². The fraction of sp³-hybridized carbons (Fsp3) is 0.0556. The number of aliphatic carboxylic acids is 1. The summed E-state index contributed by atoms with van der Waals surface area (Å²) in [5.41, 5.74) is 1.52. The van der Waals surface area contributed by atoms with Crippen LogP contribution in [0.2, 0.25) is 0 Å². The average Bonchev–Trinajstić information content (AvgIpc) is 2.99. The molecule has 0 fully saturated rings. The number of carboxylic acid groups (broad SMARTS) is 2. The Kier molecular flexibility index (Phi) is 4.21. The lowest BCUT2D eigenvalue weighted by Gasteiger charge is -2.04. The van der Waals surface area contributed by atoms with Crippen LogP contribution < -0.4 is 0 Å². The van der Waals surface area contributed by atoms with E-state index in [1.807, 2.05) is 0 Å². The van der Waals surface area contributed by atoms with Crippen molar-refractivity contribution in [3.63, 3.8) is 0 Å². The van der Waals surface area contributed by atoms with Crippen molar-refractivity contribution >= 4 is 34.7 Å². The van der Waals surface area contributed by atoms with Gasteiger partial charge in [-0.1, -0.05) is 18.2 Å². The van der Waals surface area contributed by atoms with Crippen LogP contribution in [0.15, 0.2) is 46.9 Å². The standard InChI is InChI=1S/C18H13NO6/c20-14-6-5-10(8-12(14)18(23)24)7-11(9-16(21)22)17-19-13-3-1-2-4-15(13)25-17/h1-8,20H,9H2,(H,21,22)(H,23,24)/b11-7-. The van der Waals surface area contributed by atoms with Gasteiger partial charge in [0.25, 0.3) is 0 Å². The molecule has 0 saturated carbocycles. The first-order valence-corrected chi connectivity index (χ1v) is 7.28. The molecule has 2 aromatic carbocycles. The smallest absolute Gasteiger partial charge is 0.339 e. The van der Waals surface area contributed by atoms with Crippen molar-refractivity contribution in [2.24, 2.45) is 0 Å². The summed E-state index contributed by atoms with van der Waals surface area (Å²) in [4.78, 5) is 26.6. The minimum atomic E-state index is -1.28. The molecule has 1 aromatic heterocycles. The summed E-state index contributed by atoms with van der Waals surface area (Å²) < 4.78 is 5.60. The van der Waals surface area contributed by atoms with E-state index in [-0.39, 0.29) is 29.2 Å². The van der Waals surface area contributed by atoms with Gasteiger partial charge in [0.2, 0.25) is 5.89 Å². The van der Waals surface area contributed by atoms with Crippen LogP contribution in [-0.4, -0.2) is 32.2 Å². The van der Waals surface area contributed by atoms with Crippen molar-refractivity contribution in [1.29, 1.82) is 0 Å². The van der Waals surface area contributed by atoms with Gasteiger partial charge in [0.05, 0.1) is 6.42 Å². The molecule has 126 valence electrons. The van der Waals surface area contributed by atoms with E-state index in [4.69, 9.17) is 14.6 Å². The van der Waals surface area contributed by atoms with E-state index < -0.39 is 11.9 Å². The number of phenols is 1. The lowest BCUT2D eigenvalue weighted by molar-refractivity contribution is -0.135. The van der Waals surface area contributed by atoms with E-state index in [1.165, 1.54) is 24.3 Å². The highest BCUT2D eigenvalue weighted by Gasteiger charge is 2.15. The van der Waals surface area contributed by atoms with Gasteiger partial charge in [0.15, 0.2) is 5.58 Å². The first kappa shape index (κ1) is 16.3. The van der Waals surface area contributed by atoms with E-state index in [9.17, 15) is 14.7 Å². The Morgan fingerprint density at radius 3 is 2.56 bits per heavy atom. The van der Waals surface area contributed by atoms with Crippen molar-refractivity contribution < 1.29 is 29.3 Å². The molecule has 0 atom stereocenters. The second-order valence-corrected chi connectivity index (χ2v) is 5.31. The van der Waals surface area contributed by atoms with Gasteiger partial charge in [-0.25, -0.2) is 9.78 Å². The summed E-state index contributed by atoms with van der Waals surface area (Å²) >= 11 is 0. The quantitative estimate of drug-likeness (QED) is 0.652. The summed E-state index contributed by atoms with van der Waals surface area (Å²) in [6.45, 7) is 0. The SMILES string of the molecule is O=C(O)C/C(=C/c1ccc(O)c(C(=O)O)c1)c1nc2ccccc2o1. The molecule has 3 aromatic rings. The van der Waals surface area contributed by atoms with Crippen LogP contribution in [0.25, 0.3) is 22.7 Å². The molecule has 0 saturated heterocycles. The number of aromatic carboxylic acids is 1. The van der Waals surface area contributed by atoms with Gasteiger partial charge in [-0.2, -0.15) is 0 Å². The molecule has 25 heavy (non-hydrogen) atoms. The van der Waals surface area contributed by atoms with Gasteiger partial charge in [-0.3, -0.25) is 4.79 Å². The lowest BCUT2D eigenvalue weighted by atomic mass is 10.0. The summed E-state index contributed by atoms with van der Waals surface area (Å²) in [5.74, 6) is -2.58. The molecule has 0 bridgehead atoms. The Labute approximate surface area is 141 Å². The van der Waals surface area contributed by atoms with Crippen LogP contribution in [0.1, 0.15) is 28.2 Å². The number of hydrogen-bond donors (Lipinski definition) is 3. The zero-order chi connectivity index (χ0) is 18.0. The molecule has 0 aliphatic carbocycles. The number of carbonyl (C=O) groups is 2. The second-order valence-electron chi connectivity index (χ2n) is 5.31. The lowest BCUT2D eigenvalue weighted by Crippen LogP contribution is -1.99. The molecule has 3 N–H and O–H groups in total. The minimum absolute atomic E-state index is 0.147. The predicted molar refractivity (Wildman–Crippen MR) is 89.2 cm³/mol. The summed E-state index contributed by atoms with van der Waals surface area (Å²) in [6, 6.07) is 11.0. The number of fused-ring (bicyclic) bond motifs is 1. The molecule has 7 heteroatoms. The van der Waals surface area contributed by atoms with Crippen molar-refractivity contribution in [2.45, 2.75) is 6.42 Å². The first-order valence-electron chi connectivity index (χ1n) is 7.28. The maximum Gasteiger partial charge on any atom is 0.339 e. The predicted octanol–water partition coefficient (Wildman–Crippen LogP) is 3.25. The molecule has 0 radical (unpaired) electrons. The molecule has 0 unspecified atom stereocenters. The van der Waals surface area contributed by atoms with Crippen molar-refractivity contribution in [3.8, 4) is 5.75 Å². The highest BCUT2D eigenvalue weighted by Crippen LogP contribution is 2.27. The van der Waals surface area contributed by atoms with Crippen molar-refractivity contribution in [3.05, 3.63) is 59.5 Å². The van der Waals surface area contributed by atoms with Gasteiger partial charge in [0.1, 0.15) is 16.8 Å². The Hall–Kier alpha value is -3.61. The molecule has 3 rings (SSSR count). The minimum Gasteiger partial charge on any atom is -0.507 e. The number of hydrogen-bond acceptors (Lipinski definition) is 5. The molecular weight excluding hydrogens is 326 g/mol. The largest absolute Gasteiger partial charge is 0.507 e. The zero-order valence-electron chi connectivity index (χ0n) is 12.8. The number of aromatic nitrogens is 1. The maximum atomic E-state index is 11.2. The van der Waals surface area contributed by atoms with Gasteiger partial charge in [-0.05, 0) is 35.9 Å². The topological polar surface area (TPSA) is 121 Å². The average molecular weight is 339 g/mol.